The van der Waals surface area contributed by atoms with Crippen LogP contribution in [0.25, 0.3) is 0 Å². The van der Waals surface area contributed by atoms with E-state index in [9.17, 15) is 14.4 Å². The highest BCUT2D eigenvalue weighted by Crippen LogP contribution is 1.97. The maximum Gasteiger partial charge on any atom is 0.239 e. The minimum absolute atomic E-state index is 0.0583. The fourth-order valence-electron chi connectivity index (χ4n) is 1.16. The number of amides is 2. The Labute approximate surface area is 100 Å². The lowest BCUT2D eigenvalue weighted by atomic mass is 10.1. The second-order valence-corrected chi connectivity index (χ2v) is 3.58. The van der Waals surface area contributed by atoms with Gasteiger partial charge in [0.05, 0.1) is 19.1 Å². The fourth-order valence-corrected chi connectivity index (χ4v) is 1.16. The zero-order valence-electron chi connectivity index (χ0n) is 9.78. The fraction of sp³-hybridized carbons (Fsp3) is 0.700. The Morgan fingerprint density at radius 2 is 1.94 bits per heavy atom. The standard InChI is InChI=1S/C10H20N4O3/c11-4-2-1-3-8(12)10(17)14-7-9(16)13-5-6-15/h6,8H,1-5,7,11-12H2,(H,13,16)(H,14,17)/t8-/m0/s1. The van der Waals surface area contributed by atoms with Crippen LogP contribution < -0.4 is 22.1 Å². The van der Waals surface area contributed by atoms with Gasteiger partial charge in [0.2, 0.25) is 11.8 Å². The zero-order chi connectivity index (χ0) is 13.1. The van der Waals surface area contributed by atoms with E-state index in [1.165, 1.54) is 0 Å². The third-order valence-electron chi connectivity index (χ3n) is 2.11. The molecule has 0 spiro atoms. The molecule has 0 saturated heterocycles. The third-order valence-corrected chi connectivity index (χ3v) is 2.11. The number of carbonyl (C=O) groups excluding carboxylic acids is 3. The molecule has 1 atom stereocenters. The van der Waals surface area contributed by atoms with Crippen molar-refractivity contribution in [1.82, 2.24) is 10.6 Å². The summed E-state index contributed by atoms with van der Waals surface area (Å²) in [6.07, 6.45) is 2.71. The number of hydrogen-bond donors (Lipinski definition) is 4. The summed E-state index contributed by atoms with van der Waals surface area (Å²) in [5, 5.41) is 4.69. The van der Waals surface area contributed by atoms with E-state index in [1.807, 2.05) is 0 Å². The highest BCUT2D eigenvalue weighted by Gasteiger charge is 2.13. The largest absolute Gasteiger partial charge is 0.348 e. The molecule has 2 amide bonds. The minimum atomic E-state index is -0.625. The molecule has 7 nitrogen and oxygen atoms in total. The molecule has 0 aromatic carbocycles. The predicted octanol–water partition coefficient (Wildman–Crippen LogP) is -2.13. The molecular formula is C10H20N4O3. The first-order valence-electron chi connectivity index (χ1n) is 5.55. The van der Waals surface area contributed by atoms with E-state index in [2.05, 4.69) is 10.6 Å². The van der Waals surface area contributed by atoms with Gasteiger partial charge in [0.25, 0.3) is 0 Å². The van der Waals surface area contributed by atoms with Gasteiger partial charge in [0.15, 0.2) is 0 Å². The van der Waals surface area contributed by atoms with Gasteiger partial charge in [-0.2, -0.15) is 0 Å². The average Bonchev–Trinajstić information content (AvgIpc) is 2.33. The maximum absolute atomic E-state index is 11.4. The van der Waals surface area contributed by atoms with Gasteiger partial charge in [-0.15, -0.1) is 0 Å². The summed E-state index contributed by atoms with van der Waals surface area (Å²) < 4.78 is 0. The Balaban J connectivity index is 3.69. The number of rotatable bonds is 9. The van der Waals surface area contributed by atoms with Crippen LogP contribution in [0.3, 0.4) is 0 Å². The molecule has 0 aliphatic rings. The maximum atomic E-state index is 11.4. The van der Waals surface area contributed by atoms with E-state index in [0.717, 1.165) is 12.8 Å². The Morgan fingerprint density at radius 3 is 2.53 bits per heavy atom. The van der Waals surface area contributed by atoms with Crippen molar-refractivity contribution >= 4 is 18.1 Å². The molecule has 98 valence electrons. The van der Waals surface area contributed by atoms with Gasteiger partial charge in [-0.1, -0.05) is 6.42 Å². The van der Waals surface area contributed by atoms with E-state index in [1.54, 1.807) is 0 Å². The molecule has 0 radical (unpaired) electrons. The second-order valence-electron chi connectivity index (χ2n) is 3.58. The molecule has 0 aliphatic carbocycles. The monoisotopic (exact) mass is 244 g/mol. The van der Waals surface area contributed by atoms with Crippen LogP contribution in [0.1, 0.15) is 19.3 Å². The van der Waals surface area contributed by atoms with E-state index >= 15 is 0 Å². The van der Waals surface area contributed by atoms with Crippen LogP contribution in [0.5, 0.6) is 0 Å². The van der Waals surface area contributed by atoms with Crippen molar-refractivity contribution in [3.63, 3.8) is 0 Å². The third kappa shape index (κ3) is 8.35. The molecule has 6 N–H and O–H groups in total. The Morgan fingerprint density at radius 1 is 1.24 bits per heavy atom. The quantitative estimate of drug-likeness (QED) is 0.272. The zero-order valence-corrected chi connectivity index (χ0v) is 9.78. The summed E-state index contributed by atoms with van der Waals surface area (Å²) in [4.78, 5) is 32.4. The number of aldehydes is 1. The summed E-state index contributed by atoms with van der Waals surface area (Å²) >= 11 is 0. The Bertz CT molecular complexity index is 258. The SMILES string of the molecule is NCCCC[C@H](N)C(=O)NCC(=O)NCC=O. The van der Waals surface area contributed by atoms with Gasteiger partial charge < -0.3 is 26.9 Å². The van der Waals surface area contributed by atoms with Crippen molar-refractivity contribution in [3.8, 4) is 0 Å². The van der Waals surface area contributed by atoms with Crippen LogP contribution in [0.2, 0.25) is 0 Å². The number of carbonyl (C=O) groups is 3. The Hall–Kier alpha value is -1.47. The van der Waals surface area contributed by atoms with Crippen LogP contribution in [-0.4, -0.2) is 43.8 Å². The number of unbranched alkanes of at least 4 members (excludes halogenated alkanes) is 1. The van der Waals surface area contributed by atoms with Crippen molar-refractivity contribution < 1.29 is 14.4 Å². The van der Waals surface area contributed by atoms with Crippen LogP contribution in [0.4, 0.5) is 0 Å². The van der Waals surface area contributed by atoms with Crippen molar-refractivity contribution in [1.29, 1.82) is 0 Å². The van der Waals surface area contributed by atoms with E-state index < -0.39 is 11.9 Å². The molecule has 0 rings (SSSR count). The molecule has 0 aromatic heterocycles. The minimum Gasteiger partial charge on any atom is -0.348 e. The molecule has 0 bridgehead atoms. The second kappa shape index (κ2) is 9.73. The van der Waals surface area contributed by atoms with Crippen LogP contribution >= 0.6 is 0 Å². The average molecular weight is 244 g/mol. The molecular weight excluding hydrogens is 224 g/mol. The summed E-state index contributed by atoms with van der Waals surface area (Å²) in [7, 11) is 0. The molecule has 0 aliphatic heterocycles. The summed E-state index contributed by atoms with van der Waals surface area (Å²) in [6.45, 7) is 0.344. The number of nitrogens with two attached hydrogens (primary N) is 2. The lowest BCUT2D eigenvalue weighted by Crippen LogP contribution is -2.45. The van der Waals surface area contributed by atoms with E-state index in [-0.39, 0.29) is 19.0 Å². The predicted molar refractivity (Wildman–Crippen MR) is 63.0 cm³/mol. The van der Waals surface area contributed by atoms with Crippen LogP contribution in [0, 0.1) is 0 Å². The highest BCUT2D eigenvalue weighted by molar-refractivity contribution is 5.87. The normalized spacial score (nSPS) is 11.6. The molecule has 7 heteroatoms. The molecule has 0 fully saturated rings. The van der Waals surface area contributed by atoms with Gasteiger partial charge in [0.1, 0.15) is 6.29 Å². The summed E-state index contributed by atoms with van der Waals surface area (Å²) in [5.74, 6) is -0.789. The van der Waals surface area contributed by atoms with Gasteiger partial charge in [-0.05, 0) is 19.4 Å². The van der Waals surface area contributed by atoms with Crippen molar-refractivity contribution in [3.05, 3.63) is 0 Å². The number of hydrogen-bond acceptors (Lipinski definition) is 5. The van der Waals surface area contributed by atoms with Gasteiger partial charge in [-0.25, -0.2) is 0 Å². The van der Waals surface area contributed by atoms with Crippen LogP contribution in [0.15, 0.2) is 0 Å². The Kier molecular flexibility index (Phi) is 8.89. The highest BCUT2D eigenvalue weighted by atomic mass is 16.2. The molecule has 0 aromatic rings. The molecule has 0 unspecified atom stereocenters. The van der Waals surface area contributed by atoms with E-state index in [4.69, 9.17) is 11.5 Å². The molecule has 0 saturated carbocycles. The van der Waals surface area contributed by atoms with Gasteiger partial charge in [-0.3, -0.25) is 9.59 Å². The van der Waals surface area contributed by atoms with Crippen molar-refractivity contribution in [2.75, 3.05) is 19.6 Å². The lowest BCUT2D eigenvalue weighted by Gasteiger charge is -2.11. The van der Waals surface area contributed by atoms with Gasteiger partial charge in [0, 0.05) is 0 Å². The summed E-state index contributed by atoms with van der Waals surface area (Å²) in [5.41, 5.74) is 10.9. The first-order chi connectivity index (χ1) is 8.11. The topological polar surface area (TPSA) is 127 Å². The van der Waals surface area contributed by atoms with Crippen molar-refractivity contribution in [2.45, 2.75) is 25.3 Å². The smallest absolute Gasteiger partial charge is 0.239 e. The summed E-state index contributed by atoms with van der Waals surface area (Å²) in [6, 6.07) is -0.625. The first kappa shape index (κ1) is 15.5. The molecule has 17 heavy (non-hydrogen) atoms. The van der Waals surface area contributed by atoms with E-state index in [0.29, 0.717) is 19.3 Å². The number of nitrogens with one attached hydrogen (secondary N) is 2. The van der Waals surface area contributed by atoms with Crippen molar-refractivity contribution in [2.24, 2.45) is 11.5 Å². The molecule has 0 heterocycles. The first-order valence-corrected chi connectivity index (χ1v) is 5.55. The van der Waals surface area contributed by atoms with Gasteiger partial charge >= 0.3 is 0 Å². The van der Waals surface area contributed by atoms with Crippen LogP contribution in [-0.2, 0) is 14.4 Å². The lowest BCUT2D eigenvalue weighted by molar-refractivity contribution is -0.127.